The minimum Gasteiger partial charge on any atom is -0.496 e. The van der Waals surface area contributed by atoms with Crippen LogP contribution in [-0.4, -0.2) is 38.9 Å². The standard InChI is InChI=1S/C15H26N4O3/c1-21-11-5-3-6-12(22-2)13(11)14(20)19-15(18,8-10-17)7-4-9-16/h3,5-6H,4,7-10,16-18H2,1-2H3,(H,19,20). The van der Waals surface area contributed by atoms with Gasteiger partial charge in [0.2, 0.25) is 0 Å². The lowest BCUT2D eigenvalue weighted by molar-refractivity contribution is 0.0883. The number of rotatable bonds is 9. The molecule has 0 heterocycles. The fraction of sp³-hybridized carbons (Fsp3) is 0.533. The Labute approximate surface area is 131 Å². The average molecular weight is 310 g/mol. The van der Waals surface area contributed by atoms with Gasteiger partial charge in [-0.15, -0.1) is 0 Å². The highest BCUT2D eigenvalue weighted by Crippen LogP contribution is 2.28. The van der Waals surface area contributed by atoms with Crippen molar-refractivity contribution in [2.24, 2.45) is 17.2 Å². The Morgan fingerprint density at radius 1 is 1.14 bits per heavy atom. The molecule has 0 aliphatic rings. The molecule has 0 saturated heterocycles. The number of nitrogens with one attached hydrogen (secondary N) is 1. The van der Waals surface area contributed by atoms with Crippen LogP contribution in [0.4, 0.5) is 0 Å². The molecule has 1 aromatic rings. The molecule has 7 nitrogen and oxygen atoms in total. The molecule has 1 atom stereocenters. The molecule has 0 fully saturated rings. The molecule has 0 aliphatic heterocycles. The van der Waals surface area contributed by atoms with Gasteiger partial charge < -0.3 is 32.0 Å². The first kappa shape index (κ1) is 18.2. The number of hydrogen-bond donors (Lipinski definition) is 4. The summed E-state index contributed by atoms with van der Waals surface area (Å²) in [6.07, 6.45) is 1.69. The van der Waals surface area contributed by atoms with Gasteiger partial charge in [0.25, 0.3) is 5.91 Å². The van der Waals surface area contributed by atoms with Crippen molar-refractivity contribution in [3.8, 4) is 11.5 Å². The van der Waals surface area contributed by atoms with Gasteiger partial charge in [-0.2, -0.15) is 0 Å². The lowest BCUT2D eigenvalue weighted by Crippen LogP contribution is -2.57. The van der Waals surface area contributed by atoms with Gasteiger partial charge in [-0.05, 0) is 44.5 Å². The molecule has 0 saturated carbocycles. The second-order valence-electron chi connectivity index (χ2n) is 5.08. The summed E-state index contributed by atoms with van der Waals surface area (Å²) in [5, 5.41) is 2.84. The highest BCUT2D eigenvalue weighted by atomic mass is 16.5. The minimum atomic E-state index is -0.906. The predicted octanol–water partition coefficient (Wildman–Crippen LogP) is 0.176. The first-order chi connectivity index (χ1) is 10.5. The molecule has 0 bridgehead atoms. The van der Waals surface area contributed by atoms with E-state index in [4.69, 9.17) is 26.7 Å². The molecular weight excluding hydrogens is 284 g/mol. The largest absolute Gasteiger partial charge is 0.496 e. The van der Waals surface area contributed by atoms with Gasteiger partial charge in [0.05, 0.1) is 19.9 Å². The van der Waals surface area contributed by atoms with Crippen LogP contribution >= 0.6 is 0 Å². The Bertz CT molecular complexity index is 473. The molecule has 22 heavy (non-hydrogen) atoms. The lowest BCUT2D eigenvalue weighted by Gasteiger charge is -2.31. The van der Waals surface area contributed by atoms with Crippen LogP contribution in [0, 0.1) is 0 Å². The molecule has 124 valence electrons. The van der Waals surface area contributed by atoms with Gasteiger partial charge >= 0.3 is 0 Å². The van der Waals surface area contributed by atoms with Crippen molar-refractivity contribution in [1.82, 2.24) is 5.32 Å². The SMILES string of the molecule is COc1cccc(OC)c1C(=O)NC(N)(CCN)CCCN. The summed E-state index contributed by atoms with van der Waals surface area (Å²) in [5.41, 5.74) is 16.8. The predicted molar refractivity (Wildman–Crippen MR) is 85.9 cm³/mol. The third-order valence-corrected chi connectivity index (χ3v) is 3.43. The summed E-state index contributed by atoms with van der Waals surface area (Å²) in [6, 6.07) is 5.13. The summed E-state index contributed by atoms with van der Waals surface area (Å²) in [6.45, 7) is 0.863. The molecule has 1 unspecified atom stereocenters. The van der Waals surface area contributed by atoms with Gasteiger partial charge in [-0.1, -0.05) is 6.07 Å². The molecule has 7 heteroatoms. The first-order valence-corrected chi connectivity index (χ1v) is 7.24. The van der Waals surface area contributed by atoms with E-state index >= 15 is 0 Å². The summed E-state index contributed by atoms with van der Waals surface area (Å²) >= 11 is 0. The Morgan fingerprint density at radius 2 is 1.73 bits per heavy atom. The van der Waals surface area contributed by atoms with Crippen LogP contribution in [0.15, 0.2) is 18.2 Å². The van der Waals surface area contributed by atoms with Crippen LogP contribution in [0.5, 0.6) is 11.5 Å². The maximum absolute atomic E-state index is 12.6. The molecule has 1 amide bonds. The van der Waals surface area contributed by atoms with Crippen molar-refractivity contribution in [2.75, 3.05) is 27.3 Å². The number of methoxy groups -OCH3 is 2. The molecule has 0 radical (unpaired) electrons. The number of carbonyl (C=O) groups is 1. The third-order valence-electron chi connectivity index (χ3n) is 3.43. The molecule has 0 aliphatic carbocycles. The fourth-order valence-electron chi connectivity index (χ4n) is 2.29. The number of ether oxygens (including phenoxy) is 2. The van der Waals surface area contributed by atoms with Gasteiger partial charge in [0, 0.05) is 0 Å². The van der Waals surface area contributed by atoms with E-state index in [1.807, 2.05) is 0 Å². The van der Waals surface area contributed by atoms with Crippen molar-refractivity contribution in [1.29, 1.82) is 0 Å². The van der Waals surface area contributed by atoms with E-state index in [1.54, 1.807) is 18.2 Å². The van der Waals surface area contributed by atoms with E-state index in [1.165, 1.54) is 14.2 Å². The monoisotopic (exact) mass is 310 g/mol. The van der Waals surface area contributed by atoms with E-state index in [-0.39, 0.29) is 5.91 Å². The van der Waals surface area contributed by atoms with Gasteiger partial charge in [-0.3, -0.25) is 4.79 Å². The fourth-order valence-corrected chi connectivity index (χ4v) is 2.29. The van der Waals surface area contributed by atoms with Crippen molar-refractivity contribution in [3.63, 3.8) is 0 Å². The van der Waals surface area contributed by atoms with E-state index in [0.717, 1.165) is 0 Å². The Kier molecular flexibility index (Phi) is 7.10. The van der Waals surface area contributed by atoms with E-state index in [9.17, 15) is 4.79 Å². The molecule has 1 rings (SSSR count). The number of benzene rings is 1. The molecular formula is C15H26N4O3. The zero-order chi connectivity index (χ0) is 16.6. The number of amides is 1. The number of carbonyl (C=O) groups excluding carboxylic acids is 1. The highest BCUT2D eigenvalue weighted by Gasteiger charge is 2.29. The van der Waals surface area contributed by atoms with Crippen LogP contribution in [0.25, 0.3) is 0 Å². The average Bonchev–Trinajstić information content (AvgIpc) is 2.52. The molecule has 1 aromatic carbocycles. The number of nitrogens with two attached hydrogens (primary N) is 3. The maximum Gasteiger partial charge on any atom is 0.260 e. The minimum absolute atomic E-state index is 0.312. The normalized spacial score (nSPS) is 13.3. The van der Waals surface area contributed by atoms with E-state index < -0.39 is 5.66 Å². The Balaban J connectivity index is 3.04. The smallest absolute Gasteiger partial charge is 0.260 e. The van der Waals surface area contributed by atoms with Crippen molar-refractivity contribution >= 4 is 5.91 Å². The third kappa shape index (κ3) is 4.59. The quantitative estimate of drug-likeness (QED) is 0.482. The molecule has 0 aromatic heterocycles. The summed E-state index contributed by atoms with van der Waals surface area (Å²) in [5.74, 6) is 0.485. The van der Waals surface area contributed by atoms with Crippen LogP contribution in [0.2, 0.25) is 0 Å². The number of hydrogen-bond acceptors (Lipinski definition) is 6. The first-order valence-electron chi connectivity index (χ1n) is 7.24. The zero-order valence-corrected chi connectivity index (χ0v) is 13.2. The molecule has 7 N–H and O–H groups in total. The van der Waals surface area contributed by atoms with Crippen molar-refractivity contribution < 1.29 is 14.3 Å². The Morgan fingerprint density at radius 3 is 2.18 bits per heavy atom. The van der Waals surface area contributed by atoms with Crippen LogP contribution in [-0.2, 0) is 0 Å². The van der Waals surface area contributed by atoms with Crippen LogP contribution in [0.3, 0.4) is 0 Å². The van der Waals surface area contributed by atoms with Gasteiger partial charge in [0.1, 0.15) is 17.1 Å². The highest BCUT2D eigenvalue weighted by molar-refractivity contribution is 6.00. The van der Waals surface area contributed by atoms with E-state index in [0.29, 0.717) is 49.4 Å². The van der Waals surface area contributed by atoms with Gasteiger partial charge in [0.15, 0.2) is 0 Å². The zero-order valence-electron chi connectivity index (χ0n) is 13.2. The van der Waals surface area contributed by atoms with Crippen LogP contribution < -0.4 is 32.0 Å². The second-order valence-corrected chi connectivity index (χ2v) is 5.08. The van der Waals surface area contributed by atoms with Crippen LogP contribution in [0.1, 0.15) is 29.6 Å². The second kappa shape index (κ2) is 8.57. The summed E-state index contributed by atoms with van der Waals surface area (Å²) < 4.78 is 10.5. The summed E-state index contributed by atoms with van der Waals surface area (Å²) in [4.78, 5) is 12.6. The summed E-state index contributed by atoms with van der Waals surface area (Å²) in [7, 11) is 2.99. The van der Waals surface area contributed by atoms with E-state index in [2.05, 4.69) is 5.32 Å². The molecule has 0 spiro atoms. The topological polar surface area (TPSA) is 126 Å². The van der Waals surface area contributed by atoms with Gasteiger partial charge in [-0.25, -0.2) is 0 Å². The Hall–Kier alpha value is -1.83. The van der Waals surface area contributed by atoms with Crippen molar-refractivity contribution in [2.45, 2.75) is 24.9 Å². The maximum atomic E-state index is 12.6. The van der Waals surface area contributed by atoms with Crippen molar-refractivity contribution in [3.05, 3.63) is 23.8 Å². The lowest BCUT2D eigenvalue weighted by atomic mass is 9.99.